The number of likely N-dealkylation sites (tertiary alicyclic amines) is 1. The fraction of sp³-hybridized carbons (Fsp3) is 1.00. The van der Waals surface area contributed by atoms with Gasteiger partial charge in [-0.15, -0.1) is 0 Å². The Morgan fingerprint density at radius 2 is 2.05 bits per heavy atom. The zero-order valence-electron chi connectivity index (χ0n) is 13.3. The third kappa shape index (κ3) is 5.32. The normalized spacial score (nSPS) is 30.0. The van der Waals surface area contributed by atoms with Gasteiger partial charge in [-0.2, -0.15) is 0 Å². The highest BCUT2D eigenvalue weighted by Gasteiger charge is 2.26. The molecule has 2 aliphatic heterocycles. The highest BCUT2D eigenvalue weighted by atomic mass is 16.5. The Balaban J connectivity index is 1.74. The second-order valence-electron chi connectivity index (χ2n) is 6.93. The Morgan fingerprint density at radius 1 is 1.20 bits per heavy atom. The molecule has 2 fully saturated rings. The van der Waals surface area contributed by atoms with Gasteiger partial charge in [0.05, 0.1) is 12.7 Å². The van der Waals surface area contributed by atoms with E-state index in [1.54, 1.807) is 0 Å². The molecule has 2 rings (SSSR count). The van der Waals surface area contributed by atoms with Crippen LogP contribution in [0.3, 0.4) is 0 Å². The van der Waals surface area contributed by atoms with Crippen molar-refractivity contribution in [3.63, 3.8) is 0 Å². The Kier molecular flexibility index (Phi) is 6.75. The van der Waals surface area contributed by atoms with E-state index in [9.17, 15) is 0 Å². The van der Waals surface area contributed by atoms with Crippen LogP contribution >= 0.6 is 0 Å². The smallest absolute Gasteiger partial charge is 0.0829 e. The SMILES string of the molecule is CC(C)CN1CCOC(CN2CCCC(CCO)C2)C1. The highest BCUT2D eigenvalue weighted by molar-refractivity contribution is 4.79. The van der Waals surface area contributed by atoms with Crippen molar-refractivity contribution in [2.24, 2.45) is 11.8 Å². The van der Waals surface area contributed by atoms with Gasteiger partial charge >= 0.3 is 0 Å². The van der Waals surface area contributed by atoms with Crippen molar-refractivity contribution >= 4 is 0 Å². The molecule has 0 amide bonds. The van der Waals surface area contributed by atoms with E-state index in [4.69, 9.17) is 9.84 Å². The van der Waals surface area contributed by atoms with Crippen LogP contribution in [0.1, 0.15) is 33.1 Å². The van der Waals surface area contributed by atoms with E-state index >= 15 is 0 Å². The van der Waals surface area contributed by atoms with Crippen molar-refractivity contribution in [3.8, 4) is 0 Å². The minimum absolute atomic E-state index is 0.334. The number of piperidine rings is 1. The quantitative estimate of drug-likeness (QED) is 0.800. The van der Waals surface area contributed by atoms with Crippen molar-refractivity contribution in [2.45, 2.75) is 39.2 Å². The lowest BCUT2D eigenvalue weighted by molar-refractivity contribution is -0.0506. The van der Waals surface area contributed by atoms with Gasteiger partial charge in [-0.05, 0) is 37.6 Å². The van der Waals surface area contributed by atoms with Crippen LogP contribution < -0.4 is 0 Å². The van der Waals surface area contributed by atoms with Crippen molar-refractivity contribution in [1.29, 1.82) is 0 Å². The van der Waals surface area contributed by atoms with Crippen molar-refractivity contribution in [3.05, 3.63) is 0 Å². The zero-order valence-corrected chi connectivity index (χ0v) is 13.3. The molecular weight excluding hydrogens is 252 g/mol. The van der Waals surface area contributed by atoms with Gasteiger partial charge in [0.15, 0.2) is 0 Å². The molecule has 0 aromatic rings. The predicted molar refractivity (Wildman–Crippen MR) is 81.9 cm³/mol. The van der Waals surface area contributed by atoms with Crippen molar-refractivity contribution < 1.29 is 9.84 Å². The van der Waals surface area contributed by atoms with E-state index < -0.39 is 0 Å². The Bertz CT molecular complexity index is 271. The summed E-state index contributed by atoms with van der Waals surface area (Å²) in [4.78, 5) is 5.10. The van der Waals surface area contributed by atoms with Gasteiger partial charge in [-0.25, -0.2) is 0 Å². The fourth-order valence-electron chi connectivity index (χ4n) is 3.60. The number of nitrogens with zero attached hydrogens (tertiary/aromatic N) is 2. The summed E-state index contributed by atoms with van der Waals surface area (Å²) in [7, 11) is 0. The molecule has 1 N–H and O–H groups in total. The molecule has 0 saturated carbocycles. The molecule has 0 spiro atoms. The molecule has 0 radical (unpaired) electrons. The van der Waals surface area contributed by atoms with Crippen molar-refractivity contribution in [1.82, 2.24) is 9.80 Å². The van der Waals surface area contributed by atoms with Gasteiger partial charge in [0.2, 0.25) is 0 Å². The lowest BCUT2D eigenvalue weighted by Gasteiger charge is -2.39. The van der Waals surface area contributed by atoms with Crippen molar-refractivity contribution in [2.75, 3.05) is 52.5 Å². The van der Waals surface area contributed by atoms with Crippen LogP contribution in [0, 0.1) is 11.8 Å². The first-order valence-corrected chi connectivity index (χ1v) is 8.34. The molecule has 0 aromatic carbocycles. The summed E-state index contributed by atoms with van der Waals surface area (Å²) in [6.07, 6.45) is 3.88. The van der Waals surface area contributed by atoms with Gasteiger partial charge in [-0.3, -0.25) is 4.90 Å². The summed E-state index contributed by atoms with van der Waals surface area (Å²) >= 11 is 0. The average molecular weight is 284 g/mol. The number of aliphatic hydroxyl groups excluding tert-OH is 1. The number of aliphatic hydroxyl groups is 1. The second kappa shape index (κ2) is 8.32. The third-order valence-corrected chi connectivity index (χ3v) is 4.45. The molecule has 4 heteroatoms. The number of rotatable bonds is 6. The topological polar surface area (TPSA) is 35.9 Å². The predicted octanol–water partition coefficient (Wildman–Crippen LogP) is 1.44. The molecule has 2 unspecified atom stereocenters. The first-order valence-electron chi connectivity index (χ1n) is 8.34. The molecule has 20 heavy (non-hydrogen) atoms. The summed E-state index contributed by atoms with van der Waals surface area (Å²) in [5, 5.41) is 9.09. The largest absolute Gasteiger partial charge is 0.396 e. The summed E-state index contributed by atoms with van der Waals surface area (Å²) in [5.74, 6) is 1.42. The van der Waals surface area contributed by atoms with Crippen LogP contribution in [0.5, 0.6) is 0 Å². The minimum Gasteiger partial charge on any atom is -0.396 e. The summed E-state index contributed by atoms with van der Waals surface area (Å²) in [6.45, 7) is 12.6. The molecule has 4 nitrogen and oxygen atoms in total. The van der Waals surface area contributed by atoms with Gasteiger partial charge in [-0.1, -0.05) is 13.8 Å². The summed E-state index contributed by atoms with van der Waals surface area (Å²) < 4.78 is 5.96. The highest BCUT2D eigenvalue weighted by Crippen LogP contribution is 2.20. The van der Waals surface area contributed by atoms with Crippen LogP contribution in [0.4, 0.5) is 0 Å². The van der Waals surface area contributed by atoms with Gasteiger partial charge in [0.25, 0.3) is 0 Å². The van der Waals surface area contributed by atoms with Crippen LogP contribution in [0.25, 0.3) is 0 Å². The zero-order chi connectivity index (χ0) is 14.4. The maximum atomic E-state index is 9.09. The molecule has 0 aliphatic carbocycles. The molecule has 2 saturated heterocycles. The Morgan fingerprint density at radius 3 is 2.80 bits per heavy atom. The van der Waals surface area contributed by atoms with E-state index in [-0.39, 0.29) is 0 Å². The molecular formula is C16H32N2O2. The van der Waals surface area contributed by atoms with Crippen LogP contribution in [-0.4, -0.2) is 73.5 Å². The maximum Gasteiger partial charge on any atom is 0.0829 e. The van der Waals surface area contributed by atoms with Gasteiger partial charge in [0.1, 0.15) is 0 Å². The molecule has 2 atom stereocenters. The van der Waals surface area contributed by atoms with Crippen LogP contribution in [0.15, 0.2) is 0 Å². The standard InChI is InChI=1S/C16H32N2O2/c1-14(2)10-18-7-9-20-16(13-18)12-17-6-3-4-15(11-17)5-8-19/h14-16,19H,3-13H2,1-2H3. The third-order valence-electron chi connectivity index (χ3n) is 4.45. The monoisotopic (exact) mass is 284 g/mol. The van der Waals surface area contributed by atoms with E-state index in [1.165, 1.54) is 25.9 Å². The number of hydrogen-bond donors (Lipinski definition) is 1. The number of morpholine rings is 1. The first kappa shape index (κ1) is 16.2. The lowest BCUT2D eigenvalue weighted by Crippen LogP contribution is -2.50. The first-order chi connectivity index (χ1) is 9.67. The van der Waals surface area contributed by atoms with Gasteiger partial charge < -0.3 is 14.7 Å². The molecule has 2 aliphatic rings. The number of ether oxygens (including phenoxy) is 1. The summed E-state index contributed by atoms with van der Waals surface area (Å²) in [5.41, 5.74) is 0. The van der Waals surface area contributed by atoms with Crippen LogP contribution in [-0.2, 0) is 4.74 Å². The van der Waals surface area contributed by atoms with E-state index in [0.29, 0.717) is 18.6 Å². The Labute approximate surface area is 124 Å². The molecule has 2 heterocycles. The molecule has 0 aromatic heterocycles. The fourth-order valence-corrected chi connectivity index (χ4v) is 3.60. The average Bonchev–Trinajstić information content (AvgIpc) is 2.39. The molecule has 0 bridgehead atoms. The van der Waals surface area contributed by atoms with E-state index in [0.717, 1.165) is 45.1 Å². The van der Waals surface area contributed by atoms with Gasteiger partial charge in [0, 0.05) is 39.3 Å². The Hall–Kier alpha value is -0.160. The molecule has 118 valence electrons. The van der Waals surface area contributed by atoms with E-state index in [1.807, 2.05) is 0 Å². The maximum absolute atomic E-state index is 9.09. The van der Waals surface area contributed by atoms with E-state index in [2.05, 4.69) is 23.6 Å². The lowest BCUT2D eigenvalue weighted by atomic mass is 9.95. The summed E-state index contributed by atoms with van der Waals surface area (Å²) in [6, 6.07) is 0. The van der Waals surface area contributed by atoms with Crippen LogP contribution in [0.2, 0.25) is 0 Å². The minimum atomic E-state index is 0.334. The number of hydrogen-bond acceptors (Lipinski definition) is 4. The second-order valence-corrected chi connectivity index (χ2v) is 6.93.